The first-order valence-electron chi connectivity index (χ1n) is 8.99. The molecule has 1 N–H and O–H groups in total. The molecular weight excluding hydrogens is 378 g/mol. The van der Waals surface area contributed by atoms with Crippen LogP contribution >= 0.6 is 0 Å². The van der Waals surface area contributed by atoms with Crippen molar-refractivity contribution in [3.05, 3.63) is 59.2 Å². The Bertz CT molecular complexity index is 979. The number of hydrogen-bond acceptors (Lipinski definition) is 4. The van der Waals surface area contributed by atoms with E-state index in [9.17, 15) is 18.0 Å². The highest BCUT2D eigenvalue weighted by Gasteiger charge is 2.28. The SMILES string of the molecule is Cc1ccc(NC(=O)c2ccc(S(=O)(=O)N3CCN(C=O)CC3)cc2)c(C)c1. The van der Waals surface area contributed by atoms with Gasteiger partial charge in [0.15, 0.2) is 0 Å². The normalized spacial score (nSPS) is 15.3. The molecule has 2 aromatic rings. The number of carbonyl (C=O) groups excluding carboxylic acids is 2. The molecule has 0 spiro atoms. The molecule has 8 heteroatoms. The first-order chi connectivity index (χ1) is 13.3. The number of rotatable bonds is 5. The summed E-state index contributed by atoms with van der Waals surface area (Å²) < 4.78 is 26.9. The largest absolute Gasteiger partial charge is 0.343 e. The average molecular weight is 401 g/mol. The van der Waals surface area contributed by atoms with E-state index in [0.717, 1.165) is 23.2 Å². The number of nitrogens with zero attached hydrogens (tertiary/aromatic N) is 2. The number of anilines is 1. The summed E-state index contributed by atoms with van der Waals surface area (Å²) in [5.41, 5.74) is 3.17. The van der Waals surface area contributed by atoms with Crippen LogP contribution in [-0.4, -0.2) is 56.1 Å². The number of sulfonamides is 1. The van der Waals surface area contributed by atoms with E-state index in [4.69, 9.17) is 0 Å². The Morgan fingerprint density at radius 3 is 2.21 bits per heavy atom. The lowest BCUT2D eigenvalue weighted by atomic mass is 10.1. The van der Waals surface area contributed by atoms with Crippen molar-refractivity contribution in [2.45, 2.75) is 18.7 Å². The van der Waals surface area contributed by atoms with Crippen LogP contribution in [0.3, 0.4) is 0 Å². The van der Waals surface area contributed by atoms with Crippen LogP contribution in [0.15, 0.2) is 47.4 Å². The highest BCUT2D eigenvalue weighted by atomic mass is 32.2. The van der Waals surface area contributed by atoms with Gasteiger partial charge in [0, 0.05) is 37.4 Å². The molecule has 1 aliphatic rings. The van der Waals surface area contributed by atoms with Crippen molar-refractivity contribution in [2.24, 2.45) is 0 Å². The van der Waals surface area contributed by atoms with E-state index >= 15 is 0 Å². The first kappa shape index (κ1) is 20.0. The van der Waals surface area contributed by atoms with Crippen LogP contribution < -0.4 is 5.32 Å². The molecule has 0 atom stereocenters. The van der Waals surface area contributed by atoms with Gasteiger partial charge in [-0.1, -0.05) is 17.7 Å². The summed E-state index contributed by atoms with van der Waals surface area (Å²) in [6, 6.07) is 11.6. The fourth-order valence-electron chi connectivity index (χ4n) is 3.13. The maximum atomic E-state index is 12.7. The minimum atomic E-state index is -3.65. The summed E-state index contributed by atoms with van der Waals surface area (Å²) in [6.07, 6.45) is 0.729. The van der Waals surface area contributed by atoms with E-state index in [1.807, 2.05) is 32.0 Å². The van der Waals surface area contributed by atoms with Crippen molar-refractivity contribution >= 4 is 28.0 Å². The Labute approximate surface area is 165 Å². The van der Waals surface area contributed by atoms with Gasteiger partial charge in [-0.3, -0.25) is 9.59 Å². The number of nitrogens with one attached hydrogen (secondary N) is 1. The predicted octanol–water partition coefficient (Wildman–Crippen LogP) is 2.02. The predicted molar refractivity (Wildman–Crippen MR) is 107 cm³/mol. The smallest absolute Gasteiger partial charge is 0.255 e. The van der Waals surface area contributed by atoms with Crippen LogP contribution in [0.1, 0.15) is 21.5 Å². The summed E-state index contributed by atoms with van der Waals surface area (Å²) in [5.74, 6) is -0.296. The number of hydrogen-bond donors (Lipinski definition) is 1. The van der Waals surface area contributed by atoms with Gasteiger partial charge in [-0.05, 0) is 49.7 Å². The summed E-state index contributed by atoms with van der Waals surface area (Å²) in [7, 11) is -3.65. The van der Waals surface area contributed by atoms with Crippen molar-refractivity contribution in [1.29, 1.82) is 0 Å². The molecule has 0 bridgehead atoms. The second-order valence-corrected chi connectivity index (χ2v) is 8.78. The quantitative estimate of drug-likeness (QED) is 0.777. The van der Waals surface area contributed by atoms with Crippen LogP contribution in [-0.2, 0) is 14.8 Å². The lowest BCUT2D eigenvalue weighted by molar-refractivity contribution is -0.119. The molecule has 0 radical (unpaired) electrons. The molecule has 1 heterocycles. The standard InChI is InChI=1S/C20H23N3O4S/c1-15-3-8-19(16(2)13-15)21-20(25)17-4-6-18(7-5-17)28(26,27)23-11-9-22(14-24)10-12-23/h3-8,13-14H,9-12H2,1-2H3,(H,21,25). The highest BCUT2D eigenvalue weighted by molar-refractivity contribution is 7.89. The van der Waals surface area contributed by atoms with Crippen LogP contribution in [0.25, 0.3) is 0 Å². The van der Waals surface area contributed by atoms with E-state index < -0.39 is 10.0 Å². The van der Waals surface area contributed by atoms with Gasteiger partial charge in [-0.15, -0.1) is 0 Å². The molecule has 1 saturated heterocycles. The fourth-order valence-corrected chi connectivity index (χ4v) is 4.55. The van der Waals surface area contributed by atoms with Gasteiger partial charge in [0.2, 0.25) is 16.4 Å². The molecule has 0 saturated carbocycles. The highest BCUT2D eigenvalue weighted by Crippen LogP contribution is 2.20. The third-order valence-corrected chi connectivity index (χ3v) is 6.72. The van der Waals surface area contributed by atoms with Crippen LogP contribution in [0.5, 0.6) is 0 Å². The molecule has 3 rings (SSSR count). The first-order valence-corrected chi connectivity index (χ1v) is 10.4. The molecule has 0 aliphatic carbocycles. The minimum absolute atomic E-state index is 0.134. The number of benzene rings is 2. The van der Waals surface area contributed by atoms with E-state index in [1.54, 1.807) is 4.90 Å². The summed E-state index contributed by atoms with van der Waals surface area (Å²) in [5, 5.41) is 2.85. The van der Waals surface area contributed by atoms with E-state index in [2.05, 4.69) is 5.32 Å². The number of amides is 2. The zero-order chi connectivity index (χ0) is 20.3. The summed E-state index contributed by atoms with van der Waals surface area (Å²) in [4.78, 5) is 24.9. The molecule has 1 aliphatic heterocycles. The van der Waals surface area contributed by atoms with Crippen LogP contribution in [0.2, 0.25) is 0 Å². The van der Waals surface area contributed by atoms with E-state index in [1.165, 1.54) is 28.6 Å². The van der Waals surface area contributed by atoms with E-state index in [-0.39, 0.29) is 23.9 Å². The second-order valence-electron chi connectivity index (χ2n) is 6.84. The summed E-state index contributed by atoms with van der Waals surface area (Å²) >= 11 is 0. The van der Waals surface area contributed by atoms with Gasteiger partial charge < -0.3 is 10.2 Å². The van der Waals surface area contributed by atoms with Crippen molar-refractivity contribution in [3.8, 4) is 0 Å². The molecule has 0 unspecified atom stereocenters. The molecule has 2 aromatic carbocycles. The van der Waals surface area contributed by atoms with Gasteiger partial charge in [0.1, 0.15) is 0 Å². The Morgan fingerprint density at radius 2 is 1.64 bits per heavy atom. The van der Waals surface area contributed by atoms with Gasteiger partial charge in [0.25, 0.3) is 5.91 Å². The van der Waals surface area contributed by atoms with Crippen molar-refractivity contribution in [2.75, 3.05) is 31.5 Å². The summed E-state index contributed by atoms with van der Waals surface area (Å²) in [6.45, 7) is 5.17. The lowest BCUT2D eigenvalue weighted by Crippen LogP contribution is -2.47. The lowest BCUT2D eigenvalue weighted by Gasteiger charge is -2.31. The molecule has 7 nitrogen and oxygen atoms in total. The Balaban J connectivity index is 1.72. The van der Waals surface area contributed by atoms with Crippen LogP contribution in [0, 0.1) is 13.8 Å². The maximum Gasteiger partial charge on any atom is 0.255 e. The number of aryl methyl sites for hydroxylation is 2. The van der Waals surface area contributed by atoms with Crippen molar-refractivity contribution < 1.29 is 18.0 Å². The minimum Gasteiger partial charge on any atom is -0.343 e. The third kappa shape index (κ3) is 4.23. The number of carbonyl (C=O) groups is 2. The molecule has 1 fully saturated rings. The van der Waals surface area contributed by atoms with Gasteiger partial charge >= 0.3 is 0 Å². The Morgan fingerprint density at radius 1 is 1.00 bits per heavy atom. The molecule has 2 amide bonds. The van der Waals surface area contributed by atoms with Gasteiger partial charge in [0.05, 0.1) is 4.90 Å². The molecule has 148 valence electrons. The number of piperazine rings is 1. The van der Waals surface area contributed by atoms with Gasteiger partial charge in [-0.25, -0.2) is 8.42 Å². The van der Waals surface area contributed by atoms with Crippen molar-refractivity contribution in [3.63, 3.8) is 0 Å². The zero-order valence-corrected chi connectivity index (χ0v) is 16.7. The molecule has 0 aromatic heterocycles. The zero-order valence-electron chi connectivity index (χ0n) is 15.9. The monoisotopic (exact) mass is 401 g/mol. The van der Waals surface area contributed by atoms with Crippen LogP contribution in [0.4, 0.5) is 5.69 Å². The molecule has 28 heavy (non-hydrogen) atoms. The topological polar surface area (TPSA) is 86.8 Å². The third-order valence-electron chi connectivity index (χ3n) is 4.81. The second kappa shape index (κ2) is 8.12. The molecular formula is C20H23N3O4S. The Hall–Kier alpha value is -2.71. The fraction of sp³-hybridized carbons (Fsp3) is 0.300. The van der Waals surface area contributed by atoms with E-state index in [0.29, 0.717) is 18.7 Å². The van der Waals surface area contributed by atoms with Gasteiger partial charge in [-0.2, -0.15) is 4.31 Å². The Kier molecular flexibility index (Phi) is 5.81. The maximum absolute atomic E-state index is 12.7. The van der Waals surface area contributed by atoms with Crippen molar-refractivity contribution in [1.82, 2.24) is 9.21 Å². The average Bonchev–Trinajstić information content (AvgIpc) is 2.70.